The molecule has 0 saturated carbocycles. The minimum atomic E-state index is -0.248. The summed E-state index contributed by atoms with van der Waals surface area (Å²) < 4.78 is 0. The Kier molecular flexibility index (Phi) is 4.37. The van der Waals surface area contributed by atoms with Crippen molar-refractivity contribution in [2.24, 2.45) is 0 Å². The highest BCUT2D eigenvalue weighted by Gasteiger charge is 2.37. The number of hydrogen-bond donors (Lipinski definition) is 1. The van der Waals surface area contributed by atoms with E-state index in [2.05, 4.69) is 81.2 Å². The molecule has 0 aliphatic carbocycles. The number of aromatic amines is 1. The summed E-state index contributed by atoms with van der Waals surface area (Å²) in [5, 5.41) is 7.37. The van der Waals surface area contributed by atoms with Crippen LogP contribution in [0.3, 0.4) is 0 Å². The summed E-state index contributed by atoms with van der Waals surface area (Å²) in [6.07, 6.45) is 0.860. The maximum Gasteiger partial charge on any atom is 0.272 e. The van der Waals surface area contributed by atoms with Crippen LogP contribution in [0.5, 0.6) is 0 Å². The predicted molar refractivity (Wildman–Crippen MR) is 112 cm³/mol. The predicted octanol–water partition coefficient (Wildman–Crippen LogP) is 4.98. The van der Waals surface area contributed by atoms with E-state index in [4.69, 9.17) is 0 Å². The number of carbonyl (C=O) groups is 1. The van der Waals surface area contributed by atoms with Gasteiger partial charge in [-0.15, -0.1) is 0 Å². The molecule has 0 bridgehead atoms. The van der Waals surface area contributed by atoms with Crippen LogP contribution in [0.2, 0.25) is 0 Å². The van der Waals surface area contributed by atoms with E-state index in [-0.39, 0.29) is 11.4 Å². The Morgan fingerprint density at radius 1 is 1.04 bits per heavy atom. The second kappa shape index (κ2) is 6.62. The fourth-order valence-corrected chi connectivity index (χ4v) is 4.05. The van der Waals surface area contributed by atoms with Crippen molar-refractivity contribution in [2.75, 3.05) is 0 Å². The summed E-state index contributed by atoms with van der Waals surface area (Å²) in [7, 11) is 0. The zero-order valence-corrected chi connectivity index (χ0v) is 17.3. The summed E-state index contributed by atoms with van der Waals surface area (Å²) in [5.74, 6) is -0.000241. The molecule has 3 aromatic rings. The lowest BCUT2D eigenvalue weighted by Crippen LogP contribution is -2.51. The monoisotopic (exact) mass is 373 g/mol. The van der Waals surface area contributed by atoms with E-state index < -0.39 is 0 Å². The highest BCUT2D eigenvalue weighted by molar-refractivity contribution is 5.94. The minimum absolute atomic E-state index is 0.000241. The quantitative estimate of drug-likeness (QED) is 0.689. The molecule has 1 amide bonds. The number of amides is 1. The van der Waals surface area contributed by atoms with Gasteiger partial charge in [0.05, 0.1) is 5.69 Å². The van der Waals surface area contributed by atoms with Crippen molar-refractivity contribution in [3.8, 4) is 11.3 Å². The SMILES string of the molecule is Cc1ccc(-c2cc(C(=O)N3Cc4cccc(C)c4CC3(C)C)[nH]n2)cc1C. The topological polar surface area (TPSA) is 49.0 Å². The van der Waals surface area contributed by atoms with Crippen molar-refractivity contribution < 1.29 is 4.79 Å². The number of fused-ring (bicyclic) bond motifs is 1. The van der Waals surface area contributed by atoms with Gasteiger partial charge in [0.25, 0.3) is 5.91 Å². The Hall–Kier alpha value is -2.88. The van der Waals surface area contributed by atoms with Gasteiger partial charge in [-0.3, -0.25) is 9.89 Å². The van der Waals surface area contributed by atoms with E-state index in [0.717, 1.165) is 17.7 Å². The maximum absolute atomic E-state index is 13.3. The minimum Gasteiger partial charge on any atom is -0.328 e. The summed E-state index contributed by atoms with van der Waals surface area (Å²) in [6, 6.07) is 14.5. The summed E-state index contributed by atoms with van der Waals surface area (Å²) in [6.45, 7) is 11.2. The Bertz CT molecular complexity index is 1060. The first-order valence-electron chi connectivity index (χ1n) is 9.78. The van der Waals surface area contributed by atoms with Gasteiger partial charge in [-0.2, -0.15) is 5.10 Å². The molecule has 0 atom stereocenters. The molecule has 0 spiro atoms. The summed E-state index contributed by atoms with van der Waals surface area (Å²) in [5.41, 5.74) is 8.50. The maximum atomic E-state index is 13.3. The smallest absolute Gasteiger partial charge is 0.272 e. The number of nitrogens with one attached hydrogen (secondary N) is 1. The van der Waals surface area contributed by atoms with Crippen molar-refractivity contribution in [1.29, 1.82) is 0 Å². The van der Waals surface area contributed by atoms with Crippen molar-refractivity contribution in [2.45, 2.75) is 53.1 Å². The number of H-pyrrole nitrogens is 1. The van der Waals surface area contributed by atoms with Gasteiger partial charge in [0.2, 0.25) is 0 Å². The van der Waals surface area contributed by atoms with E-state index in [9.17, 15) is 4.79 Å². The van der Waals surface area contributed by atoms with Crippen LogP contribution in [-0.2, 0) is 13.0 Å². The third kappa shape index (κ3) is 3.13. The van der Waals surface area contributed by atoms with E-state index in [0.29, 0.717) is 12.2 Å². The Labute approximate surface area is 166 Å². The van der Waals surface area contributed by atoms with E-state index in [1.807, 2.05) is 11.0 Å². The van der Waals surface area contributed by atoms with Crippen LogP contribution >= 0.6 is 0 Å². The van der Waals surface area contributed by atoms with E-state index in [1.54, 1.807) is 0 Å². The van der Waals surface area contributed by atoms with Crippen LogP contribution < -0.4 is 0 Å². The molecule has 0 fully saturated rings. The van der Waals surface area contributed by atoms with Crippen LogP contribution in [0.15, 0.2) is 42.5 Å². The molecule has 28 heavy (non-hydrogen) atoms. The van der Waals surface area contributed by atoms with Crippen molar-refractivity contribution in [1.82, 2.24) is 15.1 Å². The van der Waals surface area contributed by atoms with Gasteiger partial charge in [-0.25, -0.2) is 0 Å². The number of nitrogens with zero attached hydrogens (tertiary/aromatic N) is 2. The first-order valence-corrected chi connectivity index (χ1v) is 9.78. The Morgan fingerprint density at radius 3 is 2.57 bits per heavy atom. The zero-order valence-electron chi connectivity index (χ0n) is 17.3. The van der Waals surface area contributed by atoms with Gasteiger partial charge >= 0.3 is 0 Å². The first kappa shape index (κ1) is 18.5. The lowest BCUT2D eigenvalue weighted by Gasteiger charge is -2.43. The lowest BCUT2D eigenvalue weighted by molar-refractivity contribution is 0.0481. The van der Waals surface area contributed by atoms with Gasteiger partial charge in [0.1, 0.15) is 5.69 Å². The molecular weight excluding hydrogens is 346 g/mol. The second-order valence-electron chi connectivity index (χ2n) is 8.56. The van der Waals surface area contributed by atoms with Gasteiger partial charge in [-0.1, -0.05) is 30.3 Å². The fraction of sp³-hybridized carbons (Fsp3) is 0.333. The number of aromatic nitrogens is 2. The number of hydrogen-bond acceptors (Lipinski definition) is 2. The molecule has 2 heterocycles. The molecule has 0 saturated heterocycles. The van der Waals surface area contributed by atoms with Crippen LogP contribution in [0.1, 0.15) is 52.2 Å². The van der Waals surface area contributed by atoms with Crippen LogP contribution in [0.25, 0.3) is 11.3 Å². The first-order chi connectivity index (χ1) is 13.3. The third-order valence-corrected chi connectivity index (χ3v) is 6.03. The molecule has 0 unspecified atom stereocenters. The van der Waals surface area contributed by atoms with E-state index in [1.165, 1.54) is 27.8 Å². The normalized spacial score (nSPS) is 15.4. The number of aryl methyl sites for hydroxylation is 3. The highest BCUT2D eigenvalue weighted by atomic mass is 16.2. The van der Waals surface area contributed by atoms with Gasteiger partial charge in [0.15, 0.2) is 0 Å². The average molecular weight is 374 g/mol. The van der Waals surface area contributed by atoms with E-state index >= 15 is 0 Å². The standard InChI is InChI=1S/C24H27N3O/c1-15-9-10-18(11-17(15)3)21-12-22(26-25-21)23(28)27-14-19-8-6-7-16(2)20(19)13-24(27,4)5/h6-12H,13-14H2,1-5H3,(H,25,26). The zero-order chi connectivity index (χ0) is 20.1. The van der Waals surface area contributed by atoms with Crippen molar-refractivity contribution in [3.05, 3.63) is 76.0 Å². The molecule has 4 nitrogen and oxygen atoms in total. The average Bonchev–Trinajstić information content (AvgIpc) is 3.13. The van der Waals surface area contributed by atoms with Crippen LogP contribution in [0, 0.1) is 20.8 Å². The number of rotatable bonds is 2. The van der Waals surface area contributed by atoms with Crippen molar-refractivity contribution in [3.63, 3.8) is 0 Å². The molecule has 2 aromatic carbocycles. The van der Waals surface area contributed by atoms with Gasteiger partial charge in [-0.05, 0) is 81.0 Å². The molecule has 144 valence electrons. The van der Waals surface area contributed by atoms with Crippen LogP contribution in [0.4, 0.5) is 0 Å². The molecule has 0 radical (unpaired) electrons. The fourth-order valence-electron chi connectivity index (χ4n) is 4.05. The Morgan fingerprint density at radius 2 is 1.82 bits per heavy atom. The third-order valence-electron chi connectivity index (χ3n) is 6.03. The molecule has 1 N–H and O–H groups in total. The van der Waals surface area contributed by atoms with Gasteiger partial charge in [0, 0.05) is 17.6 Å². The molecule has 1 aliphatic heterocycles. The largest absolute Gasteiger partial charge is 0.328 e. The molecule has 1 aliphatic rings. The summed E-state index contributed by atoms with van der Waals surface area (Å²) in [4.78, 5) is 15.3. The summed E-state index contributed by atoms with van der Waals surface area (Å²) >= 11 is 0. The highest BCUT2D eigenvalue weighted by Crippen LogP contribution is 2.33. The number of carbonyl (C=O) groups excluding carboxylic acids is 1. The lowest BCUT2D eigenvalue weighted by atomic mass is 9.83. The van der Waals surface area contributed by atoms with Crippen molar-refractivity contribution >= 4 is 5.91 Å². The Balaban J connectivity index is 1.64. The molecular formula is C24H27N3O. The molecule has 4 rings (SSSR count). The second-order valence-corrected chi connectivity index (χ2v) is 8.56. The van der Waals surface area contributed by atoms with Gasteiger partial charge < -0.3 is 4.90 Å². The van der Waals surface area contributed by atoms with Crippen LogP contribution in [-0.4, -0.2) is 26.5 Å². The molecule has 1 aromatic heterocycles. The molecule has 4 heteroatoms. The number of benzene rings is 2.